The maximum absolute atomic E-state index is 13.0. The fourth-order valence-electron chi connectivity index (χ4n) is 1.05. The van der Waals surface area contributed by atoms with Crippen molar-refractivity contribution in [3.05, 3.63) is 47.3 Å². The molecule has 3 nitrogen and oxygen atoms in total. The van der Waals surface area contributed by atoms with E-state index in [0.717, 1.165) is 6.07 Å². The Kier molecular flexibility index (Phi) is 3.74. The number of hydrogen-bond donors (Lipinski definition) is 2. The van der Waals surface area contributed by atoms with Gasteiger partial charge in [-0.2, -0.15) is 0 Å². The van der Waals surface area contributed by atoms with Gasteiger partial charge < -0.3 is 9.79 Å². The number of rotatable bonds is 3. The Morgan fingerprint density at radius 2 is 2.00 bits per heavy atom. The van der Waals surface area contributed by atoms with Crippen molar-refractivity contribution in [2.45, 2.75) is 6.42 Å². The maximum atomic E-state index is 13.0. The zero-order chi connectivity index (χ0) is 11.5. The lowest BCUT2D eigenvalue weighted by molar-refractivity contribution is 0.384. The number of hydrogen-bond acceptors (Lipinski definition) is 1. The second-order valence-corrected chi connectivity index (χ2v) is 4.37. The van der Waals surface area contributed by atoms with Crippen LogP contribution in [-0.4, -0.2) is 9.79 Å². The second kappa shape index (κ2) is 4.66. The number of benzene rings is 1. The summed E-state index contributed by atoms with van der Waals surface area (Å²) in [5.41, 5.74) is 0.0553. The normalized spacial score (nSPS) is 12.9. The summed E-state index contributed by atoms with van der Waals surface area (Å²) in [6, 6.07) is 5.47. The summed E-state index contributed by atoms with van der Waals surface area (Å²) in [4.78, 5) is 16.9. The van der Waals surface area contributed by atoms with Crippen LogP contribution in [0.4, 0.5) is 8.78 Å². The van der Waals surface area contributed by atoms with Crippen LogP contribution < -0.4 is 0 Å². The lowest BCUT2D eigenvalue weighted by Gasteiger charge is -2.01. The first kappa shape index (κ1) is 12.0. The average Bonchev–Trinajstić information content (AvgIpc) is 2.05. The molecule has 0 bridgehead atoms. The lowest BCUT2D eigenvalue weighted by Crippen LogP contribution is -1.90. The molecule has 0 saturated carbocycles. The van der Waals surface area contributed by atoms with Gasteiger partial charge in [0, 0.05) is 6.42 Å². The van der Waals surface area contributed by atoms with Gasteiger partial charge in [0.15, 0.2) is 0 Å². The van der Waals surface area contributed by atoms with Crippen LogP contribution in [0.25, 0.3) is 0 Å². The van der Waals surface area contributed by atoms with Crippen molar-refractivity contribution in [1.82, 2.24) is 0 Å². The smallest absolute Gasteiger partial charge is 0.321 e. The van der Waals surface area contributed by atoms with E-state index in [-0.39, 0.29) is 11.4 Å². The molecule has 0 spiro atoms. The molecule has 6 heteroatoms. The van der Waals surface area contributed by atoms with E-state index in [4.69, 9.17) is 9.79 Å². The van der Waals surface area contributed by atoms with Crippen molar-refractivity contribution in [3.8, 4) is 0 Å². The van der Waals surface area contributed by atoms with E-state index >= 15 is 0 Å². The first-order valence-electron chi connectivity index (χ1n) is 4.04. The van der Waals surface area contributed by atoms with E-state index in [2.05, 4.69) is 0 Å². The molecular formula is C9H9F2O3P. The van der Waals surface area contributed by atoms with Crippen molar-refractivity contribution < 1.29 is 23.1 Å². The van der Waals surface area contributed by atoms with Crippen LogP contribution in [0.15, 0.2) is 35.9 Å². The minimum Gasteiger partial charge on any atom is -0.321 e. The van der Waals surface area contributed by atoms with Gasteiger partial charge in [-0.25, -0.2) is 8.78 Å². The third kappa shape index (κ3) is 4.34. The minimum atomic E-state index is -4.53. The SMILES string of the molecule is O=P(O)(O)C=C(F)Cc1ccccc1F. The molecule has 0 radical (unpaired) electrons. The Hall–Kier alpha value is -1.03. The zero-order valence-electron chi connectivity index (χ0n) is 7.60. The summed E-state index contributed by atoms with van der Waals surface area (Å²) in [6.07, 6.45) is -0.461. The summed E-state index contributed by atoms with van der Waals surface area (Å²) >= 11 is 0. The Morgan fingerprint density at radius 1 is 1.40 bits per heavy atom. The molecule has 2 N–H and O–H groups in total. The molecule has 0 aliphatic carbocycles. The Balaban J connectivity index is 2.84. The molecule has 0 amide bonds. The van der Waals surface area contributed by atoms with Gasteiger partial charge in [0.25, 0.3) is 0 Å². The molecule has 0 aliphatic heterocycles. The van der Waals surface area contributed by atoms with E-state index in [1.54, 1.807) is 0 Å². The van der Waals surface area contributed by atoms with Crippen LogP contribution in [0.5, 0.6) is 0 Å². The first-order chi connectivity index (χ1) is 6.88. The van der Waals surface area contributed by atoms with Crippen LogP contribution in [0, 0.1) is 5.82 Å². The van der Waals surface area contributed by atoms with Crippen molar-refractivity contribution in [1.29, 1.82) is 0 Å². The molecule has 0 atom stereocenters. The molecule has 0 aliphatic rings. The highest BCUT2D eigenvalue weighted by Gasteiger charge is 2.12. The summed E-state index contributed by atoms with van der Waals surface area (Å²) in [7, 11) is -4.53. The third-order valence-electron chi connectivity index (χ3n) is 1.63. The van der Waals surface area contributed by atoms with Gasteiger partial charge in [0.2, 0.25) is 0 Å². The first-order valence-corrected chi connectivity index (χ1v) is 5.72. The molecule has 0 fully saturated rings. The number of halogens is 2. The van der Waals surface area contributed by atoms with Gasteiger partial charge in [-0.3, -0.25) is 4.57 Å². The summed E-state index contributed by atoms with van der Waals surface area (Å²) < 4.78 is 36.4. The predicted molar refractivity (Wildman–Crippen MR) is 51.3 cm³/mol. The van der Waals surface area contributed by atoms with Crippen LogP contribution in [0.1, 0.15) is 5.56 Å². The molecule has 1 aromatic carbocycles. The van der Waals surface area contributed by atoms with Crippen molar-refractivity contribution in [3.63, 3.8) is 0 Å². The van der Waals surface area contributed by atoms with E-state index in [0.29, 0.717) is 0 Å². The Morgan fingerprint density at radius 3 is 2.53 bits per heavy atom. The van der Waals surface area contributed by atoms with E-state index < -0.39 is 25.7 Å². The Bertz CT molecular complexity index is 425. The molecular weight excluding hydrogens is 225 g/mol. The fraction of sp³-hybridized carbons (Fsp3) is 0.111. The highest BCUT2D eigenvalue weighted by molar-refractivity contribution is 7.55. The molecule has 15 heavy (non-hydrogen) atoms. The highest BCUT2D eigenvalue weighted by atomic mass is 31.2. The maximum Gasteiger partial charge on any atom is 0.351 e. The van der Waals surface area contributed by atoms with E-state index in [1.165, 1.54) is 18.2 Å². The van der Waals surface area contributed by atoms with Gasteiger partial charge in [-0.05, 0) is 11.6 Å². The quantitative estimate of drug-likeness (QED) is 0.789. The van der Waals surface area contributed by atoms with Crippen LogP contribution in [0.2, 0.25) is 0 Å². The van der Waals surface area contributed by atoms with Crippen LogP contribution in [0.3, 0.4) is 0 Å². The van der Waals surface area contributed by atoms with Gasteiger partial charge in [-0.15, -0.1) is 0 Å². The average molecular weight is 234 g/mol. The lowest BCUT2D eigenvalue weighted by atomic mass is 10.1. The molecule has 1 rings (SSSR count). The molecule has 0 aromatic heterocycles. The minimum absolute atomic E-state index is 0.0553. The number of allylic oxidation sites excluding steroid dienone is 1. The third-order valence-corrected chi connectivity index (χ3v) is 2.24. The van der Waals surface area contributed by atoms with E-state index in [9.17, 15) is 13.3 Å². The topological polar surface area (TPSA) is 57.5 Å². The van der Waals surface area contributed by atoms with Crippen LogP contribution >= 0.6 is 7.60 Å². The predicted octanol–water partition coefficient (Wildman–Crippen LogP) is 2.36. The summed E-state index contributed by atoms with van der Waals surface area (Å²) in [6.45, 7) is 0. The molecule has 0 heterocycles. The summed E-state index contributed by atoms with van der Waals surface area (Å²) in [5, 5.41) is 0. The highest BCUT2D eigenvalue weighted by Crippen LogP contribution is 2.38. The van der Waals surface area contributed by atoms with Crippen LogP contribution in [-0.2, 0) is 11.0 Å². The Labute approximate surface area is 85.2 Å². The monoisotopic (exact) mass is 234 g/mol. The van der Waals surface area contributed by atoms with Gasteiger partial charge in [-0.1, -0.05) is 18.2 Å². The largest absolute Gasteiger partial charge is 0.351 e. The van der Waals surface area contributed by atoms with Crippen molar-refractivity contribution in [2.75, 3.05) is 0 Å². The molecule has 0 unspecified atom stereocenters. The van der Waals surface area contributed by atoms with Gasteiger partial charge in [0.1, 0.15) is 11.6 Å². The van der Waals surface area contributed by atoms with E-state index in [1.807, 2.05) is 0 Å². The second-order valence-electron chi connectivity index (χ2n) is 2.93. The fourth-order valence-corrected chi connectivity index (χ4v) is 1.51. The molecule has 1 aromatic rings. The molecule has 82 valence electrons. The standard InChI is InChI=1S/C9H9F2O3P/c10-8(6-15(12,13)14)5-7-3-1-2-4-9(7)11/h1-4,6H,5H2,(H2,12,13,14). The van der Waals surface area contributed by atoms with Gasteiger partial charge in [0.05, 0.1) is 5.82 Å². The molecule has 0 saturated heterocycles. The zero-order valence-corrected chi connectivity index (χ0v) is 8.49. The van der Waals surface area contributed by atoms with Gasteiger partial charge >= 0.3 is 7.60 Å². The summed E-state index contributed by atoms with van der Waals surface area (Å²) in [5.74, 6) is -1.46. The van der Waals surface area contributed by atoms with Crippen molar-refractivity contribution in [2.24, 2.45) is 0 Å². The van der Waals surface area contributed by atoms with Crippen molar-refractivity contribution >= 4 is 7.60 Å².